The molecule has 0 unspecified atom stereocenters. The first-order valence-electron chi connectivity index (χ1n) is 7.25. The summed E-state index contributed by atoms with van der Waals surface area (Å²) >= 11 is 0. The van der Waals surface area contributed by atoms with E-state index in [1.807, 2.05) is 30.3 Å². The van der Waals surface area contributed by atoms with Crippen LogP contribution in [0.5, 0.6) is 0 Å². The van der Waals surface area contributed by atoms with E-state index in [9.17, 15) is 14.5 Å². The van der Waals surface area contributed by atoms with Crippen LogP contribution < -0.4 is 0 Å². The SMILES string of the molecule is N#CN=[SH]1(O)CCC(CN(Cc2ccccc2)C(=O)O)CC1. The standard InChI is InChI=1S/C15H21N3O3S/c16-12-17-22(21)8-6-14(7-9-22)11-18(15(19)20)10-13-4-2-1-3-5-13/h1-5,14,22H,6-11H2,(H,17,21)(H,19,20). The predicted octanol–water partition coefficient (Wildman–Crippen LogP) is 2.60. The van der Waals surface area contributed by atoms with Crippen LogP contribution in [0, 0.1) is 17.4 Å². The zero-order valence-corrected chi connectivity index (χ0v) is 13.2. The molecule has 22 heavy (non-hydrogen) atoms. The lowest BCUT2D eigenvalue weighted by Crippen LogP contribution is -2.38. The van der Waals surface area contributed by atoms with Gasteiger partial charge >= 0.3 is 6.09 Å². The van der Waals surface area contributed by atoms with Crippen molar-refractivity contribution in [3.8, 4) is 6.19 Å². The number of carbonyl (C=O) groups is 1. The predicted molar refractivity (Wildman–Crippen MR) is 86.8 cm³/mol. The van der Waals surface area contributed by atoms with Crippen molar-refractivity contribution in [1.82, 2.24) is 4.90 Å². The topological polar surface area (TPSA) is 96.9 Å². The molecule has 7 heteroatoms. The van der Waals surface area contributed by atoms with Gasteiger partial charge in [0.15, 0.2) is 0 Å². The minimum Gasteiger partial charge on any atom is -0.465 e. The largest absolute Gasteiger partial charge is 0.465 e. The molecule has 0 aromatic heterocycles. The molecule has 0 saturated carbocycles. The molecule has 1 heterocycles. The molecule has 1 amide bonds. The Hall–Kier alpha value is -1.91. The van der Waals surface area contributed by atoms with Gasteiger partial charge in [0.05, 0.1) is 0 Å². The van der Waals surface area contributed by atoms with Crippen LogP contribution in [-0.4, -0.2) is 38.7 Å². The van der Waals surface area contributed by atoms with E-state index in [1.54, 1.807) is 6.19 Å². The maximum absolute atomic E-state index is 11.4. The van der Waals surface area contributed by atoms with E-state index in [2.05, 4.69) is 4.36 Å². The van der Waals surface area contributed by atoms with Gasteiger partial charge < -0.3 is 14.6 Å². The van der Waals surface area contributed by atoms with Crippen LogP contribution in [0.1, 0.15) is 18.4 Å². The summed E-state index contributed by atoms with van der Waals surface area (Å²) in [6.45, 7) is 0.825. The third kappa shape index (κ3) is 4.55. The van der Waals surface area contributed by atoms with Crippen LogP contribution in [0.25, 0.3) is 0 Å². The minimum absolute atomic E-state index is 0.217. The lowest BCUT2D eigenvalue weighted by Gasteiger charge is -2.34. The van der Waals surface area contributed by atoms with Gasteiger partial charge in [0, 0.05) is 24.6 Å². The van der Waals surface area contributed by atoms with Gasteiger partial charge in [-0.2, -0.15) is 5.26 Å². The van der Waals surface area contributed by atoms with E-state index in [1.165, 1.54) is 4.90 Å². The molecule has 1 fully saturated rings. The van der Waals surface area contributed by atoms with Crippen molar-refractivity contribution in [2.75, 3.05) is 18.1 Å². The Labute approximate surface area is 131 Å². The van der Waals surface area contributed by atoms with Gasteiger partial charge in [-0.3, -0.25) is 0 Å². The molecular weight excluding hydrogens is 302 g/mol. The van der Waals surface area contributed by atoms with Gasteiger partial charge in [0.2, 0.25) is 6.19 Å². The monoisotopic (exact) mass is 323 g/mol. The number of thiol groups is 1. The molecule has 6 nitrogen and oxygen atoms in total. The highest BCUT2D eigenvalue weighted by atomic mass is 32.3. The zero-order valence-electron chi connectivity index (χ0n) is 12.3. The first-order chi connectivity index (χ1) is 10.5. The molecule has 2 rings (SSSR count). The lowest BCUT2D eigenvalue weighted by atomic mass is 10.0. The van der Waals surface area contributed by atoms with Crippen molar-refractivity contribution in [2.24, 2.45) is 10.3 Å². The summed E-state index contributed by atoms with van der Waals surface area (Å²) in [4.78, 5) is 12.9. The van der Waals surface area contributed by atoms with E-state index in [0.29, 0.717) is 37.4 Å². The summed E-state index contributed by atoms with van der Waals surface area (Å²) in [5.74, 6) is 1.25. The Kier molecular flexibility index (Phi) is 5.52. The normalized spacial score (nSPS) is 21.4. The molecule has 1 aromatic carbocycles. The van der Waals surface area contributed by atoms with Gasteiger partial charge in [-0.15, -0.1) is 4.36 Å². The Bertz CT molecular complexity index is 600. The summed E-state index contributed by atoms with van der Waals surface area (Å²) < 4.78 is 13.8. The van der Waals surface area contributed by atoms with Crippen LogP contribution in [0.2, 0.25) is 0 Å². The number of amides is 1. The number of hydrogen-bond donors (Lipinski definition) is 3. The molecule has 1 aliphatic heterocycles. The average Bonchev–Trinajstić information content (AvgIpc) is 2.50. The van der Waals surface area contributed by atoms with Crippen molar-refractivity contribution in [3.63, 3.8) is 0 Å². The van der Waals surface area contributed by atoms with Gasteiger partial charge in [-0.05, 0) is 24.3 Å². The fraction of sp³-hybridized carbons (Fsp3) is 0.467. The molecule has 0 radical (unpaired) electrons. The summed E-state index contributed by atoms with van der Waals surface area (Å²) in [5.41, 5.74) is 0.962. The van der Waals surface area contributed by atoms with Gasteiger partial charge in [-0.25, -0.2) is 4.79 Å². The van der Waals surface area contributed by atoms with E-state index in [0.717, 1.165) is 5.56 Å². The first kappa shape index (κ1) is 16.5. The van der Waals surface area contributed by atoms with Crippen LogP contribution in [0.4, 0.5) is 4.79 Å². The zero-order chi connectivity index (χ0) is 16.0. The van der Waals surface area contributed by atoms with E-state index < -0.39 is 16.2 Å². The second kappa shape index (κ2) is 7.38. The molecule has 0 spiro atoms. The average molecular weight is 323 g/mol. The van der Waals surface area contributed by atoms with Crippen molar-refractivity contribution < 1.29 is 14.5 Å². The van der Waals surface area contributed by atoms with E-state index in [4.69, 9.17) is 5.26 Å². The number of nitrogens with zero attached hydrogens (tertiary/aromatic N) is 3. The Morgan fingerprint density at radius 3 is 2.55 bits per heavy atom. The Morgan fingerprint density at radius 1 is 1.36 bits per heavy atom. The van der Waals surface area contributed by atoms with E-state index >= 15 is 0 Å². The number of rotatable bonds is 4. The van der Waals surface area contributed by atoms with Crippen molar-refractivity contribution >= 4 is 16.2 Å². The summed E-state index contributed by atoms with van der Waals surface area (Å²) in [6.07, 6.45) is 2.21. The summed E-state index contributed by atoms with van der Waals surface area (Å²) in [5, 5.41) is 18.0. The van der Waals surface area contributed by atoms with Crippen LogP contribution >= 0.6 is 0 Å². The Morgan fingerprint density at radius 2 is 2.00 bits per heavy atom. The fourth-order valence-electron chi connectivity index (χ4n) is 2.73. The molecule has 1 aliphatic rings. The summed E-state index contributed by atoms with van der Waals surface area (Å²) in [6, 6.07) is 9.51. The smallest absolute Gasteiger partial charge is 0.407 e. The Balaban J connectivity index is 1.95. The molecule has 1 aromatic rings. The first-order valence-corrected chi connectivity index (χ1v) is 9.32. The van der Waals surface area contributed by atoms with Gasteiger partial charge in [-0.1, -0.05) is 40.4 Å². The second-order valence-electron chi connectivity index (χ2n) is 5.62. The third-order valence-corrected chi connectivity index (χ3v) is 6.40. The lowest BCUT2D eigenvalue weighted by molar-refractivity contribution is 0.132. The quantitative estimate of drug-likeness (QED) is 0.586. The maximum Gasteiger partial charge on any atom is 0.407 e. The molecular formula is C15H21N3O3S. The van der Waals surface area contributed by atoms with Crippen molar-refractivity contribution in [1.29, 1.82) is 5.26 Å². The maximum atomic E-state index is 11.4. The van der Waals surface area contributed by atoms with Crippen LogP contribution in [-0.2, 0) is 16.7 Å². The molecule has 2 N–H and O–H groups in total. The highest BCUT2D eigenvalue weighted by Gasteiger charge is 2.25. The molecule has 120 valence electrons. The molecule has 0 aliphatic carbocycles. The van der Waals surface area contributed by atoms with Gasteiger partial charge in [0.25, 0.3) is 0 Å². The van der Waals surface area contributed by atoms with Crippen LogP contribution in [0.3, 0.4) is 0 Å². The second-order valence-corrected chi connectivity index (χ2v) is 8.47. The van der Waals surface area contributed by atoms with E-state index in [-0.39, 0.29) is 5.92 Å². The number of carboxylic acid groups (broad SMARTS) is 1. The minimum atomic E-state index is -2.44. The van der Waals surface area contributed by atoms with Crippen molar-refractivity contribution in [2.45, 2.75) is 19.4 Å². The fourth-order valence-corrected chi connectivity index (χ4v) is 4.87. The number of hydrogen-bond acceptors (Lipinski definition) is 3. The summed E-state index contributed by atoms with van der Waals surface area (Å²) in [7, 11) is -2.44. The van der Waals surface area contributed by atoms with Crippen molar-refractivity contribution in [3.05, 3.63) is 35.9 Å². The highest BCUT2D eigenvalue weighted by Crippen LogP contribution is 2.25. The third-order valence-electron chi connectivity index (χ3n) is 3.99. The molecule has 0 atom stereocenters. The van der Waals surface area contributed by atoms with Crippen LogP contribution in [0.15, 0.2) is 34.7 Å². The van der Waals surface area contributed by atoms with Gasteiger partial charge in [0.1, 0.15) is 0 Å². The number of nitriles is 1. The molecule has 1 saturated heterocycles. The highest BCUT2D eigenvalue weighted by molar-refractivity contribution is 8.00. The number of benzene rings is 1. The molecule has 0 bridgehead atoms.